The van der Waals surface area contributed by atoms with Crippen LogP contribution in [0.3, 0.4) is 0 Å². The van der Waals surface area contributed by atoms with Gasteiger partial charge in [0.2, 0.25) is 5.60 Å². The molecule has 76 valence electrons. The van der Waals surface area contributed by atoms with Crippen LogP contribution in [0.4, 0.5) is 0 Å². The predicted molar refractivity (Wildman–Crippen MR) is 44.4 cm³/mol. The van der Waals surface area contributed by atoms with Gasteiger partial charge in [0.05, 0.1) is 0 Å². The maximum absolute atomic E-state index is 11.1. The van der Waals surface area contributed by atoms with E-state index in [9.17, 15) is 14.7 Å². The normalized spacial score (nSPS) is 11.2. The van der Waals surface area contributed by atoms with Crippen molar-refractivity contribution in [2.24, 2.45) is 17.6 Å². The molecule has 0 aromatic carbocycles. The van der Waals surface area contributed by atoms with Crippen molar-refractivity contribution in [2.45, 2.75) is 19.4 Å². The molecule has 7 heteroatoms. The van der Waals surface area contributed by atoms with Gasteiger partial charge in [0.25, 0.3) is 11.8 Å². The summed E-state index contributed by atoms with van der Waals surface area (Å²) < 4.78 is 0. The van der Waals surface area contributed by atoms with Crippen LogP contribution in [0, 0.1) is 5.92 Å². The smallest absolute Gasteiger partial charge is 0.276 e. The zero-order valence-electron chi connectivity index (χ0n) is 7.50. The van der Waals surface area contributed by atoms with Crippen LogP contribution in [0.1, 0.15) is 13.8 Å². The summed E-state index contributed by atoms with van der Waals surface area (Å²) in [4.78, 5) is 22.1. The summed E-state index contributed by atoms with van der Waals surface area (Å²) >= 11 is 0. The van der Waals surface area contributed by atoms with Crippen molar-refractivity contribution < 1.29 is 14.7 Å². The number of hydrazine groups is 2. The zero-order valence-corrected chi connectivity index (χ0v) is 7.50. The molecule has 0 aromatic heterocycles. The molecule has 0 atom stereocenters. The molecule has 0 radical (unpaired) electrons. The Morgan fingerprint density at radius 1 is 1.23 bits per heavy atom. The second kappa shape index (κ2) is 4.17. The lowest BCUT2D eigenvalue weighted by atomic mass is 9.89. The highest BCUT2D eigenvalue weighted by Gasteiger charge is 2.46. The summed E-state index contributed by atoms with van der Waals surface area (Å²) in [5, 5.41) is 9.64. The highest BCUT2D eigenvalue weighted by Crippen LogP contribution is 2.16. The molecule has 2 amide bonds. The van der Waals surface area contributed by atoms with Crippen LogP contribution in [0.15, 0.2) is 0 Å². The Morgan fingerprint density at radius 2 is 1.54 bits per heavy atom. The lowest BCUT2D eigenvalue weighted by Crippen LogP contribution is -2.62. The van der Waals surface area contributed by atoms with E-state index < -0.39 is 23.3 Å². The molecule has 0 aliphatic heterocycles. The number of hydrogen-bond acceptors (Lipinski definition) is 5. The fourth-order valence-electron chi connectivity index (χ4n) is 0.848. The fraction of sp³-hybridized carbons (Fsp3) is 0.667. The fourth-order valence-corrected chi connectivity index (χ4v) is 0.848. The molecule has 7 nitrogen and oxygen atoms in total. The van der Waals surface area contributed by atoms with E-state index in [1.54, 1.807) is 10.9 Å². The average molecular weight is 190 g/mol. The third kappa shape index (κ3) is 1.94. The van der Waals surface area contributed by atoms with Crippen molar-refractivity contribution in [1.82, 2.24) is 10.9 Å². The minimum absolute atomic E-state index is 0.639. The van der Waals surface area contributed by atoms with Gasteiger partial charge in [-0.05, 0) is 0 Å². The van der Waals surface area contributed by atoms with Gasteiger partial charge in [-0.2, -0.15) is 0 Å². The number of amides is 2. The largest absolute Gasteiger partial charge is 0.371 e. The summed E-state index contributed by atoms with van der Waals surface area (Å²) in [5.41, 5.74) is 1.16. The van der Waals surface area contributed by atoms with Crippen molar-refractivity contribution >= 4 is 11.8 Å². The van der Waals surface area contributed by atoms with Crippen molar-refractivity contribution in [3.63, 3.8) is 0 Å². The van der Waals surface area contributed by atoms with E-state index in [0.29, 0.717) is 0 Å². The molecule has 0 bridgehead atoms. The Bertz CT molecular complexity index is 200. The number of carbonyl (C=O) groups is 2. The van der Waals surface area contributed by atoms with Crippen LogP contribution in [-0.4, -0.2) is 22.5 Å². The van der Waals surface area contributed by atoms with Crippen LogP contribution in [0.25, 0.3) is 0 Å². The second-order valence-electron chi connectivity index (χ2n) is 2.87. The van der Waals surface area contributed by atoms with Gasteiger partial charge in [0, 0.05) is 5.92 Å². The van der Waals surface area contributed by atoms with Crippen molar-refractivity contribution in [3.8, 4) is 0 Å². The summed E-state index contributed by atoms with van der Waals surface area (Å²) in [6.07, 6.45) is 0. The van der Waals surface area contributed by atoms with Gasteiger partial charge in [-0.15, -0.1) is 0 Å². The van der Waals surface area contributed by atoms with Crippen LogP contribution in [0.5, 0.6) is 0 Å². The molecule has 0 saturated heterocycles. The van der Waals surface area contributed by atoms with Crippen molar-refractivity contribution in [3.05, 3.63) is 0 Å². The maximum Gasteiger partial charge on any atom is 0.276 e. The standard InChI is InChI=1S/C6H14N4O3/c1-3(2)6(13,4(11)9-7)5(12)10-8/h3,13H,7-8H2,1-2H3,(H,9,11)(H,10,12). The van der Waals surface area contributed by atoms with E-state index in [1.165, 1.54) is 13.8 Å². The molecule has 0 unspecified atom stereocenters. The molecular formula is C6H14N4O3. The minimum Gasteiger partial charge on any atom is -0.371 e. The van der Waals surface area contributed by atoms with E-state index in [4.69, 9.17) is 11.7 Å². The number of nitrogens with two attached hydrogens (primary N) is 2. The Labute approximate surface area is 75.4 Å². The van der Waals surface area contributed by atoms with Gasteiger partial charge < -0.3 is 5.11 Å². The Kier molecular flexibility index (Phi) is 3.79. The second-order valence-corrected chi connectivity index (χ2v) is 2.87. The van der Waals surface area contributed by atoms with Gasteiger partial charge in [0.1, 0.15) is 0 Å². The van der Waals surface area contributed by atoms with Crippen LogP contribution in [0.2, 0.25) is 0 Å². The minimum atomic E-state index is -2.23. The first-order valence-corrected chi connectivity index (χ1v) is 3.65. The van der Waals surface area contributed by atoms with E-state index in [2.05, 4.69) is 0 Å². The molecule has 0 rings (SSSR count). The van der Waals surface area contributed by atoms with Gasteiger partial charge in [-0.25, -0.2) is 11.7 Å². The van der Waals surface area contributed by atoms with Crippen LogP contribution >= 0.6 is 0 Å². The Balaban J connectivity index is 4.94. The average Bonchev–Trinajstić information content (AvgIpc) is 2.13. The lowest BCUT2D eigenvalue weighted by Gasteiger charge is -2.27. The maximum atomic E-state index is 11.1. The Hall–Kier alpha value is -1.18. The molecule has 0 saturated carbocycles. The molecule has 0 fully saturated rings. The van der Waals surface area contributed by atoms with Gasteiger partial charge >= 0.3 is 0 Å². The number of hydrogen-bond donors (Lipinski definition) is 5. The third-order valence-corrected chi connectivity index (χ3v) is 1.79. The first kappa shape index (κ1) is 11.8. The van der Waals surface area contributed by atoms with Crippen LogP contribution in [-0.2, 0) is 9.59 Å². The summed E-state index contributed by atoms with van der Waals surface area (Å²) in [6, 6.07) is 0. The molecule has 0 heterocycles. The first-order chi connectivity index (χ1) is 5.91. The van der Waals surface area contributed by atoms with E-state index >= 15 is 0 Å². The van der Waals surface area contributed by atoms with Crippen molar-refractivity contribution in [2.75, 3.05) is 0 Å². The van der Waals surface area contributed by atoms with Gasteiger partial charge in [0.15, 0.2) is 0 Å². The van der Waals surface area contributed by atoms with Gasteiger partial charge in [-0.3, -0.25) is 20.4 Å². The topological polar surface area (TPSA) is 130 Å². The highest BCUT2D eigenvalue weighted by molar-refractivity contribution is 6.08. The first-order valence-electron chi connectivity index (χ1n) is 3.65. The van der Waals surface area contributed by atoms with E-state index in [1.807, 2.05) is 0 Å². The predicted octanol–water partition coefficient (Wildman–Crippen LogP) is -2.65. The molecule has 0 aliphatic carbocycles. The quantitative estimate of drug-likeness (QED) is 0.144. The third-order valence-electron chi connectivity index (χ3n) is 1.79. The highest BCUT2D eigenvalue weighted by atomic mass is 16.3. The SMILES string of the molecule is CC(C)C(O)(C(=O)NN)C(=O)NN. The van der Waals surface area contributed by atoms with Gasteiger partial charge in [-0.1, -0.05) is 13.8 Å². The molecule has 0 aromatic rings. The molecule has 0 aliphatic rings. The zero-order chi connectivity index (χ0) is 10.6. The number of carbonyl (C=O) groups excluding carboxylic acids is 2. The summed E-state index contributed by atoms with van der Waals surface area (Å²) in [5.74, 6) is 6.99. The van der Waals surface area contributed by atoms with E-state index in [0.717, 1.165) is 0 Å². The summed E-state index contributed by atoms with van der Waals surface area (Å²) in [7, 11) is 0. The van der Waals surface area contributed by atoms with E-state index in [-0.39, 0.29) is 0 Å². The Morgan fingerprint density at radius 3 is 1.69 bits per heavy atom. The number of rotatable bonds is 3. The number of aliphatic hydroxyl groups is 1. The number of nitrogens with one attached hydrogen (secondary N) is 2. The monoisotopic (exact) mass is 190 g/mol. The van der Waals surface area contributed by atoms with Crippen LogP contribution < -0.4 is 22.5 Å². The molecular weight excluding hydrogens is 176 g/mol. The molecule has 7 N–H and O–H groups in total. The molecule has 0 spiro atoms. The lowest BCUT2D eigenvalue weighted by molar-refractivity contribution is -0.158. The van der Waals surface area contributed by atoms with Crippen molar-refractivity contribution in [1.29, 1.82) is 0 Å². The summed E-state index contributed by atoms with van der Waals surface area (Å²) in [6.45, 7) is 2.98. The molecule has 13 heavy (non-hydrogen) atoms.